The predicted octanol–water partition coefficient (Wildman–Crippen LogP) is 2.85. The molecule has 2 atom stereocenters. The second-order valence-electron chi connectivity index (χ2n) is 5.59. The molecule has 2 rings (SSSR count). The minimum atomic E-state index is -0.437. The van der Waals surface area contributed by atoms with Crippen molar-refractivity contribution in [3.05, 3.63) is 29.8 Å². The van der Waals surface area contributed by atoms with Crippen LogP contribution in [-0.4, -0.2) is 36.8 Å². The highest BCUT2D eigenvalue weighted by molar-refractivity contribution is 5.34. The van der Waals surface area contributed by atoms with Crippen LogP contribution in [-0.2, 0) is 0 Å². The van der Waals surface area contributed by atoms with Gasteiger partial charge in [0.2, 0.25) is 0 Å². The van der Waals surface area contributed by atoms with Crippen LogP contribution in [0.3, 0.4) is 0 Å². The van der Waals surface area contributed by atoms with E-state index in [0.717, 1.165) is 30.2 Å². The van der Waals surface area contributed by atoms with E-state index in [-0.39, 0.29) is 0 Å². The van der Waals surface area contributed by atoms with E-state index < -0.39 is 6.10 Å². The summed E-state index contributed by atoms with van der Waals surface area (Å²) < 4.78 is 5.30. The third kappa shape index (κ3) is 3.95. The molecule has 2 unspecified atom stereocenters. The van der Waals surface area contributed by atoms with Gasteiger partial charge in [-0.05, 0) is 37.8 Å². The Morgan fingerprint density at radius 2 is 2.21 bits per heavy atom. The number of rotatable bonds is 5. The summed E-state index contributed by atoms with van der Waals surface area (Å²) >= 11 is 0. The molecule has 1 aromatic carbocycles. The summed E-state index contributed by atoms with van der Waals surface area (Å²) in [6.07, 6.45) is 2.96. The van der Waals surface area contributed by atoms with E-state index in [0.29, 0.717) is 0 Å². The first-order valence-electron chi connectivity index (χ1n) is 7.24. The van der Waals surface area contributed by atoms with Crippen molar-refractivity contribution >= 4 is 0 Å². The van der Waals surface area contributed by atoms with Gasteiger partial charge in [0.1, 0.15) is 5.75 Å². The lowest BCUT2D eigenvalue weighted by Crippen LogP contribution is -2.35. The maximum Gasteiger partial charge on any atom is 0.124 e. The fourth-order valence-electron chi connectivity index (χ4n) is 2.89. The number of aliphatic hydroxyl groups is 1. The van der Waals surface area contributed by atoms with Crippen molar-refractivity contribution in [1.82, 2.24) is 4.90 Å². The molecule has 3 heteroatoms. The van der Waals surface area contributed by atoms with Gasteiger partial charge < -0.3 is 14.7 Å². The molecule has 1 saturated heterocycles. The van der Waals surface area contributed by atoms with Crippen LogP contribution in [0.1, 0.15) is 37.9 Å². The molecule has 0 saturated carbocycles. The molecule has 1 fully saturated rings. The van der Waals surface area contributed by atoms with Crippen molar-refractivity contribution < 1.29 is 9.84 Å². The number of hydrogen-bond donors (Lipinski definition) is 1. The maximum atomic E-state index is 10.3. The summed E-state index contributed by atoms with van der Waals surface area (Å²) in [5.41, 5.74) is 0.898. The molecule has 3 nitrogen and oxygen atoms in total. The van der Waals surface area contributed by atoms with E-state index in [1.807, 2.05) is 24.3 Å². The van der Waals surface area contributed by atoms with Crippen molar-refractivity contribution in [2.75, 3.05) is 26.7 Å². The smallest absolute Gasteiger partial charge is 0.124 e. The lowest BCUT2D eigenvalue weighted by molar-refractivity contribution is 0.120. The summed E-state index contributed by atoms with van der Waals surface area (Å²) in [5, 5.41) is 10.3. The summed E-state index contributed by atoms with van der Waals surface area (Å²) in [6, 6.07) is 7.73. The molecule has 106 valence electrons. The van der Waals surface area contributed by atoms with E-state index >= 15 is 0 Å². The van der Waals surface area contributed by atoms with Gasteiger partial charge >= 0.3 is 0 Å². The zero-order valence-electron chi connectivity index (χ0n) is 12.0. The molecule has 1 aliphatic heterocycles. The molecule has 1 heterocycles. The van der Waals surface area contributed by atoms with Gasteiger partial charge in [-0.15, -0.1) is 0 Å². The van der Waals surface area contributed by atoms with Gasteiger partial charge in [0.15, 0.2) is 0 Å². The monoisotopic (exact) mass is 263 g/mol. The zero-order chi connectivity index (χ0) is 13.7. The molecule has 19 heavy (non-hydrogen) atoms. The SMILES string of the molecule is COc1ccccc1C(O)CCN1CCCC(C)C1. The van der Waals surface area contributed by atoms with Crippen molar-refractivity contribution in [3.63, 3.8) is 0 Å². The van der Waals surface area contributed by atoms with Crippen molar-refractivity contribution in [2.24, 2.45) is 5.92 Å². The van der Waals surface area contributed by atoms with Crippen LogP contribution >= 0.6 is 0 Å². The number of para-hydroxylation sites is 1. The Hall–Kier alpha value is -1.06. The normalized spacial score (nSPS) is 22.2. The number of piperidine rings is 1. The lowest BCUT2D eigenvalue weighted by atomic mass is 9.99. The Kier molecular flexibility index (Phi) is 5.23. The highest BCUT2D eigenvalue weighted by Gasteiger charge is 2.18. The Morgan fingerprint density at radius 1 is 1.42 bits per heavy atom. The Bertz CT molecular complexity index is 394. The number of methoxy groups -OCH3 is 1. The van der Waals surface area contributed by atoms with E-state index in [1.54, 1.807) is 7.11 Å². The fourth-order valence-corrected chi connectivity index (χ4v) is 2.89. The zero-order valence-corrected chi connectivity index (χ0v) is 12.0. The molecule has 0 spiro atoms. The summed E-state index contributed by atoms with van der Waals surface area (Å²) in [7, 11) is 1.65. The summed E-state index contributed by atoms with van der Waals surface area (Å²) in [6.45, 7) is 5.61. The quantitative estimate of drug-likeness (QED) is 0.886. The van der Waals surface area contributed by atoms with Crippen molar-refractivity contribution in [1.29, 1.82) is 0 Å². The van der Waals surface area contributed by atoms with Crippen LogP contribution in [0, 0.1) is 5.92 Å². The predicted molar refractivity (Wildman–Crippen MR) is 77.4 cm³/mol. The number of hydrogen-bond acceptors (Lipinski definition) is 3. The first kappa shape index (κ1) is 14.4. The van der Waals surface area contributed by atoms with E-state index in [4.69, 9.17) is 4.74 Å². The van der Waals surface area contributed by atoms with Crippen LogP contribution in [0.25, 0.3) is 0 Å². The number of likely N-dealkylation sites (tertiary alicyclic amines) is 1. The molecule has 1 aromatic rings. The van der Waals surface area contributed by atoms with Crippen LogP contribution in [0.15, 0.2) is 24.3 Å². The third-order valence-corrected chi connectivity index (χ3v) is 3.96. The van der Waals surface area contributed by atoms with E-state index in [1.165, 1.54) is 25.9 Å². The fraction of sp³-hybridized carbons (Fsp3) is 0.625. The average Bonchev–Trinajstić information content (AvgIpc) is 2.45. The van der Waals surface area contributed by atoms with Gasteiger partial charge in [0.25, 0.3) is 0 Å². The highest BCUT2D eigenvalue weighted by Crippen LogP contribution is 2.27. The molecule has 1 N–H and O–H groups in total. The van der Waals surface area contributed by atoms with Gasteiger partial charge in [-0.1, -0.05) is 25.1 Å². The molecule has 0 aromatic heterocycles. The topological polar surface area (TPSA) is 32.7 Å². The Balaban J connectivity index is 1.88. The minimum absolute atomic E-state index is 0.437. The van der Waals surface area contributed by atoms with Crippen LogP contribution in [0.2, 0.25) is 0 Å². The second kappa shape index (κ2) is 6.92. The van der Waals surface area contributed by atoms with Gasteiger partial charge in [-0.25, -0.2) is 0 Å². The molecule has 0 radical (unpaired) electrons. The summed E-state index contributed by atoms with van der Waals surface area (Å²) in [4.78, 5) is 2.47. The van der Waals surface area contributed by atoms with Crippen LogP contribution in [0.5, 0.6) is 5.75 Å². The number of aliphatic hydroxyl groups excluding tert-OH is 1. The van der Waals surface area contributed by atoms with Gasteiger partial charge in [-0.3, -0.25) is 0 Å². The Labute approximate surface area is 116 Å². The maximum absolute atomic E-state index is 10.3. The first-order chi connectivity index (χ1) is 9.20. The minimum Gasteiger partial charge on any atom is -0.496 e. The largest absolute Gasteiger partial charge is 0.496 e. The molecular formula is C16H25NO2. The molecular weight excluding hydrogens is 238 g/mol. The third-order valence-electron chi connectivity index (χ3n) is 3.96. The summed E-state index contributed by atoms with van der Waals surface area (Å²) in [5.74, 6) is 1.57. The molecule has 0 aliphatic carbocycles. The van der Waals surface area contributed by atoms with Crippen LogP contribution < -0.4 is 4.74 Å². The lowest BCUT2D eigenvalue weighted by Gasteiger charge is -2.31. The average molecular weight is 263 g/mol. The second-order valence-corrected chi connectivity index (χ2v) is 5.59. The van der Waals surface area contributed by atoms with Crippen molar-refractivity contribution in [2.45, 2.75) is 32.3 Å². The molecule has 1 aliphatic rings. The number of nitrogens with zero attached hydrogens (tertiary/aromatic N) is 1. The van der Waals surface area contributed by atoms with E-state index in [2.05, 4.69) is 11.8 Å². The Morgan fingerprint density at radius 3 is 2.95 bits per heavy atom. The van der Waals surface area contributed by atoms with Crippen molar-refractivity contribution in [3.8, 4) is 5.75 Å². The molecule has 0 bridgehead atoms. The first-order valence-corrected chi connectivity index (χ1v) is 7.24. The standard InChI is InChI=1S/C16H25NO2/c1-13-6-5-10-17(12-13)11-9-15(18)14-7-3-4-8-16(14)19-2/h3-4,7-8,13,15,18H,5-6,9-12H2,1-2H3. The number of ether oxygens (including phenoxy) is 1. The van der Waals surface area contributed by atoms with Gasteiger partial charge in [-0.2, -0.15) is 0 Å². The van der Waals surface area contributed by atoms with Crippen LogP contribution in [0.4, 0.5) is 0 Å². The number of benzene rings is 1. The highest BCUT2D eigenvalue weighted by atomic mass is 16.5. The van der Waals surface area contributed by atoms with E-state index in [9.17, 15) is 5.11 Å². The van der Waals surface area contributed by atoms with Gasteiger partial charge in [0, 0.05) is 18.7 Å². The molecule has 0 amide bonds. The van der Waals surface area contributed by atoms with Gasteiger partial charge in [0.05, 0.1) is 13.2 Å².